The minimum atomic E-state index is 0.575. The summed E-state index contributed by atoms with van der Waals surface area (Å²) in [5, 5.41) is 4.00. The molecule has 2 aliphatic carbocycles. The minimum Gasteiger partial charge on any atom is -0.307 e. The lowest BCUT2D eigenvalue weighted by atomic mass is 9.92. The highest BCUT2D eigenvalue weighted by Crippen LogP contribution is 2.45. The zero-order chi connectivity index (χ0) is 13.1. The van der Waals surface area contributed by atoms with Gasteiger partial charge in [-0.25, -0.2) is 0 Å². The molecule has 1 aromatic carbocycles. The maximum absolute atomic E-state index is 4.00. The third kappa shape index (κ3) is 3.02. The first-order valence-electron chi connectivity index (χ1n) is 8.17. The molecule has 0 spiro atoms. The van der Waals surface area contributed by atoms with Gasteiger partial charge in [-0.1, -0.05) is 56.5 Å². The first-order chi connectivity index (χ1) is 9.36. The second-order valence-electron chi connectivity index (χ2n) is 6.55. The number of benzene rings is 1. The summed E-state index contributed by atoms with van der Waals surface area (Å²) in [6.07, 6.45) is 9.79. The van der Waals surface area contributed by atoms with Crippen LogP contribution in [-0.4, -0.2) is 6.04 Å². The summed E-state index contributed by atoms with van der Waals surface area (Å²) in [6, 6.07) is 12.4. The maximum Gasteiger partial charge on any atom is 0.0322 e. The van der Waals surface area contributed by atoms with Crippen molar-refractivity contribution in [1.29, 1.82) is 0 Å². The Morgan fingerprint density at radius 3 is 2.63 bits per heavy atom. The van der Waals surface area contributed by atoms with Gasteiger partial charge in [-0.05, 0) is 43.1 Å². The molecule has 0 amide bonds. The van der Waals surface area contributed by atoms with Gasteiger partial charge in [-0.3, -0.25) is 0 Å². The van der Waals surface area contributed by atoms with Crippen molar-refractivity contribution in [3.05, 3.63) is 35.9 Å². The summed E-state index contributed by atoms with van der Waals surface area (Å²) in [6.45, 7) is 2.29. The van der Waals surface area contributed by atoms with E-state index >= 15 is 0 Å². The molecule has 4 atom stereocenters. The summed E-state index contributed by atoms with van der Waals surface area (Å²) in [5.41, 5.74) is 1.48. The second-order valence-corrected chi connectivity index (χ2v) is 6.55. The van der Waals surface area contributed by atoms with E-state index in [1.54, 1.807) is 0 Å². The lowest BCUT2D eigenvalue weighted by molar-refractivity contribution is 0.309. The molecule has 0 heterocycles. The molecule has 19 heavy (non-hydrogen) atoms. The van der Waals surface area contributed by atoms with Gasteiger partial charge >= 0.3 is 0 Å². The van der Waals surface area contributed by atoms with Gasteiger partial charge in [0.2, 0.25) is 0 Å². The Labute approximate surface area is 117 Å². The van der Waals surface area contributed by atoms with Crippen LogP contribution in [0.3, 0.4) is 0 Å². The van der Waals surface area contributed by atoms with E-state index in [1.807, 2.05) is 0 Å². The van der Waals surface area contributed by atoms with E-state index in [9.17, 15) is 0 Å². The van der Waals surface area contributed by atoms with Crippen LogP contribution in [0.2, 0.25) is 0 Å². The first kappa shape index (κ1) is 13.2. The smallest absolute Gasteiger partial charge is 0.0322 e. The molecule has 0 aliphatic heterocycles. The van der Waals surface area contributed by atoms with Crippen molar-refractivity contribution in [2.45, 2.75) is 64.0 Å². The van der Waals surface area contributed by atoms with Gasteiger partial charge in [-0.2, -0.15) is 0 Å². The third-order valence-electron chi connectivity index (χ3n) is 5.20. The molecule has 2 saturated carbocycles. The molecule has 2 aliphatic rings. The summed E-state index contributed by atoms with van der Waals surface area (Å²) >= 11 is 0. The normalized spacial score (nSPS) is 30.7. The van der Waals surface area contributed by atoms with Gasteiger partial charge in [0.25, 0.3) is 0 Å². The van der Waals surface area contributed by atoms with Crippen LogP contribution in [-0.2, 0) is 0 Å². The maximum atomic E-state index is 4.00. The quantitative estimate of drug-likeness (QED) is 0.779. The van der Waals surface area contributed by atoms with Gasteiger partial charge in [0, 0.05) is 12.1 Å². The molecule has 0 aromatic heterocycles. The van der Waals surface area contributed by atoms with Crippen molar-refractivity contribution in [3.8, 4) is 0 Å². The lowest BCUT2D eigenvalue weighted by Gasteiger charge is -2.29. The van der Waals surface area contributed by atoms with Crippen molar-refractivity contribution < 1.29 is 0 Å². The second kappa shape index (κ2) is 6.09. The van der Waals surface area contributed by atoms with Crippen LogP contribution in [0.15, 0.2) is 30.3 Å². The standard InChI is InChI=1S/C18H27N/c1-2-3-9-17(15-7-5-4-6-8-15)19-18-13-14-10-11-16(18)12-14/h4-8,14,16-19H,2-3,9-13H2,1H3. The van der Waals surface area contributed by atoms with E-state index < -0.39 is 0 Å². The molecule has 1 aromatic rings. The Morgan fingerprint density at radius 1 is 1.16 bits per heavy atom. The van der Waals surface area contributed by atoms with Crippen LogP contribution in [0.1, 0.15) is 63.5 Å². The zero-order valence-electron chi connectivity index (χ0n) is 12.1. The van der Waals surface area contributed by atoms with Gasteiger partial charge in [0.15, 0.2) is 0 Å². The van der Waals surface area contributed by atoms with E-state index in [2.05, 4.69) is 42.6 Å². The number of hydrogen-bond acceptors (Lipinski definition) is 1. The fourth-order valence-electron chi connectivity index (χ4n) is 4.15. The lowest BCUT2D eigenvalue weighted by Crippen LogP contribution is -2.36. The summed E-state index contributed by atoms with van der Waals surface area (Å²) < 4.78 is 0. The SMILES string of the molecule is CCCCC(NC1CC2CCC1C2)c1ccccc1. The highest BCUT2D eigenvalue weighted by molar-refractivity contribution is 5.19. The predicted molar refractivity (Wildman–Crippen MR) is 81.1 cm³/mol. The molecule has 1 heteroatoms. The highest BCUT2D eigenvalue weighted by atomic mass is 15.0. The number of unbranched alkanes of at least 4 members (excludes halogenated alkanes) is 1. The third-order valence-corrected chi connectivity index (χ3v) is 5.20. The van der Waals surface area contributed by atoms with Crippen LogP contribution in [0, 0.1) is 11.8 Å². The Kier molecular flexibility index (Phi) is 4.22. The highest BCUT2D eigenvalue weighted by Gasteiger charge is 2.40. The predicted octanol–water partition coefficient (Wildman–Crippen LogP) is 4.70. The largest absolute Gasteiger partial charge is 0.307 e. The first-order valence-corrected chi connectivity index (χ1v) is 8.17. The van der Waals surface area contributed by atoms with E-state index in [0.29, 0.717) is 6.04 Å². The van der Waals surface area contributed by atoms with Gasteiger partial charge in [-0.15, -0.1) is 0 Å². The van der Waals surface area contributed by atoms with Crippen LogP contribution in [0.25, 0.3) is 0 Å². The van der Waals surface area contributed by atoms with Crippen molar-refractivity contribution in [2.75, 3.05) is 0 Å². The number of fused-ring (bicyclic) bond motifs is 2. The number of rotatable bonds is 6. The fraction of sp³-hybridized carbons (Fsp3) is 0.667. The monoisotopic (exact) mass is 257 g/mol. The molecular weight excluding hydrogens is 230 g/mol. The van der Waals surface area contributed by atoms with Crippen molar-refractivity contribution >= 4 is 0 Å². The average molecular weight is 257 g/mol. The molecule has 3 rings (SSSR count). The Hall–Kier alpha value is -0.820. The topological polar surface area (TPSA) is 12.0 Å². The van der Waals surface area contributed by atoms with E-state index in [0.717, 1.165) is 17.9 Å². The van der Waals surface area contributed by atoms with Crippen LogP contribution < -0.4 is 5.32 Å². The summed E-state index contributed by atoms with van der Waals surface area (Å²) in [5.74, 6) is 2.00. The van der Waals surface area contributed by atoms with Gasteiger partial charge in [0.1, 0.15) is 0 Å². The van der Waals surface area contributed by atoms with E-state index in [4.69, 9.17) is 0 Å². The van der Waals surface area contributed by atoms with Crippen LogP contribution in [0.5, 0.6) is 0 Å². The molecular formula is C18H27N. The Bertz CT molecular complexity index is 386. The molecule has 1 nitrogen and oxygen atoms in total. The minimum absolute atomic E-state index is 0.575. The van der Waals surface area contributed by atoms with Crippen LogP contribution in [0.4, 0.5) is 0 Å². The van der Waals surface area contributed by atoms with Crippen molar-refractivity contribution in [2.24, 2.45) is 11.8 Å². The molecule has 2 bridgehead atoms. The molecule has 1 N–H and O–H groups in total. The van der Waals surface area contributed by atoms with Crippen molar-refractivity contribution in [1.82, 2.24) is 5.32 Å². The van der Waals surface area contributed by atoms with E-state index in [-0.39, 0.29) is 0 Å². The number of nitrogens with one attached hydrogen (secondary N) is 1. The molecule has 104 valence electrons. The fourth-order valence-corrected chi connectivity index (χ4v) is 4.15. The number of hydrogen-bond donors (Lipinski definition) is 1. The van der Waals surface area contributed by atoms with Gasteiger partial charge in [0.05, 0.1) is 0 Å². The average Bonchev–Trinajstić information content (AvgIpc) is 3.07. The van der Waals surface area contributed by atoms with Crippen LogP contribution >= 0.6 is 0 Å². The summed E-state index contributed by atoms with van der Waals surface area (Å²) in [7, 11) is 0. The molecule has 0 saturated heterocycles. The molecule has 2 fully saturated rings. The zero-order valence-corrected chi connectivity index (χ0v) is 12.1. The molecule has 0 radical (unpaired) electrons. The van der Waals surface area contributed by atoms with Gasteiger partial charge < -0.3 is 5.32 Å². The summed E-state index contributed by atoms with van der Waals surface area (Å²) in [4.78, 5) is 0. The van der Waals surface area contributed by atoms with Crippen molar-refractivity contribution in [3.63, 3.8) is 0 Å². The molecule has 4 unspecified atom stereocenters. The van der Waals surface area contributed by atoms with E-state index in [1.165, 1.54) is 50.5 Å². The Balaban J connectivity index is 1.66. The Morgan fingerprint density at radius 2 is 2.00 bits per heavy atom.